The normalized spacial score (nSPS) is 11.9. The van der Waals surface area contributed by atoms with Gasteiger partial charge in [-0.3, -0.25) is 18.8 Å². The van der Waals surface area contributed by atoms with E-state index < -0.39 is 6.04 Å². The number of hydrogen-bond donors (Lipinski definition) is 1. The zero-order valence-corrected chi connectivity index (χ0v) is 20.7. The number of carbonyl (C=O) groups is 1. The van der Waals surface area contributed by atoms with Gasteiger partial charge in [0.15, 0.2) is 11.5 Å². The van der Waals surface area contributed by atoms with E-state index in [2.05, 4.69) is 10.4 Å². The molecule has 0 aliphatic carbocycles. The van der Waals surface area contributed by atoms with Gasteiger partial charge in [-0.15, -0.1) is 0 Å². The Morgan fingerprint density at radius 3 is 2.46 bits per heavy atom. The number of fused-ring (bicyclic) bond motifs is 1. The quantitative estimate of drug-likeness (QED) is 0.421. The van der Waals surface area contributed by atoms with Gasteiger partial charge in [0.25, 0.3) is 5.56 Å². The molecule has 1 N–H and O–H groups in total. The first-order valence-corrected chi connectivity index (χ1v) is 11.5. The monoisotopic (exact) mass is 474 g/mol. The fourth-order valence-corrected chi connectivity index (χ4v) is 4.46. The predicted molar refractivity (Wildman–Crippen MR) is 136 cm³/mol. The fraction of sp³-hybridized carbons (Fsp3) is 0.296. The molecule has 4 rings (SSSR count). The molecule has 1 amide bonds. The van der Waals surface area contributed by atoms with Crippen LogP contribution in [-0.2, 0) is 18.3 Å². The molecule has 182 valence electrons. The highest BCUT2D eigenvalue weighted by atomic mass is 16.5. The second-order valence-corrected chi connectivity index (χ2v) is 8.45. The highest BCUT2D eigenvalue weighted by molar-refractivity contribution is 5.96. The molecule has 0 aliphatic heterocycles. The number of carbonyl (C=O) groups excluding carboxylic acids is 1. The van der Waals surface area contributed by atoms with Crippen LogP contribution in [0.25, 0.3) is 22.2 Å². The first-order chi connectivity index (χ1) is 16.8. The summed E-state index contributed by atoms with van der Waals surface area (Å²) in [5.74, 6) is 1.06. The van der Waals surface area contributed by atoms with Gasteiger partial charge < -0.3 is 14.8 Å². The third kappa shape index (κ3) is 4.64. The Kier molecular flexibility index (Phi) is 6.91. The highest BCUT2D eigenvalue weighted by Crippen LogP contribution is 2.31. The van der Waals surface area contributed by atoms with Crippen LogP contribution in [0.4, 0.5) is 0 Å². The van der Waals surface area contributed by atoms with Crippen molar-refractivity contribution in [2.45, 2.75) is 26.3 Å². The molecule has 2 aromatic heterocycles. The van der Waals surface area contributed by atoms with E-state index in [1.807, 2.05) is 55.5 Å². The number of pyridine rings is 1. The molecule has 0 spiro atoms. The first kappa shape index (κ1) is 24.1. The molecule has 1 atom stereocenters. The number of aryl methyl sites for hydroxylation is 2. The third-order valence-corrected chi connectivity index (χ3v) is 6.21. The van der Waals surface area contributed by atoms with Crippen molar-refractivity contribution in [3.8, 4) is 22.6 Å². The molecule has 0 fully saturated rings. The van der Waals surface area contributed by atoms with Gasteiger partial charge in [0.2, 0.25) is 5.91 Å². The number of aromatic nitrogens is 3. The average Bonchev–Trinajstić information content (AvgIpc) is 3.16. The van der Waals surface area contributed by atoms with Gasteiger partial charge in [-0.05, 0) is 49.1 Å². The lowest BCUT2D eigenvalue weighted by molar-refractivity contribution is -0.123. The Balaban J connectivity index is 1.59. The van der Waals surface area contributed by atoms with Gasteiger partial charge in [-0.25, -0.2) is 0 Å². The van der Waals surface area contributed by atoms with Crippen molar-refractivity contribution in [3.63, 3.8) is 0 Å². The summed E-state index contributed by atoms with van der Waals surface area (Å²) in [6.45, 7) is 4.07. The second kappa shape index (κ2) is 10.0. The molecule has 8 nitrogen and oxygen atoms in total. The number of nitrogens with zero attached hydrogens (tertiary/aromatic N) is 3. The minimum atomic E-state index is -0.713. The lowest BCUT2D eigenvalue weighted by Gasteiger charge is -2.18. The Hall–Kier alpha value is -4.07. The maximum Gasteiger partial charge on any atom is 0.253 e. The van der Waals surface area contributed by atoms with E-state index in [0.29, 0.717) is 30.1 Å². The third-order valence-electron chi connectivity index (χ3n) is 6.21. The van der Waals surface area contributed by atoms with Gasteiger partial charge in [0.05, 0.1) is 19.9 Å². The second-order valence-electron chi connectivity index (χ2n) is 8.45. The van der Waals surface area contributed by atoms with Crippen molar-refractivity contribution < 1.29 is 14.3 Å². The van der Waals surface area contributed by atoms with Gasteiger partial charge in [-0.2, -0.15) is 5.10 Å². The summed E-state index contributed by atoms with van der Waals surface area (Å²) < 4.78 is 13.8. The van der Waals surface area contributed by atoms with Crippen LogP contribution in [0.5, 0.6) is 11.5 Å². The maximum absolute atomic E-state index is 13.3. The summed E-state index contributed by atoms with van der Waals surface area (Å²) in [6.07, 6.45) is 0.612. The number of hydrogen-bond acceptors (Lipinski definition) is 5. The Labute approximate surface area is 204 Å². The minimum absolute atomic E-state index is 0.236. The molecule has 2 heterocycles. The van der Waals surface area contributed by atoms with Crippen molar-refractivity contribution >= 4 is 16.9 Å². The van der Waals surface area contributed by atoms with Crippen molar-refractivity contribution in [2.24, 2.45) is 7.05 Å². The first-order valence-electron chi connectivity index (χ1n) is 11.5. The summed E-state index contributed by atoms with van der Waals surface area (Å²) in [5, 5.41) is 8.38. The number of benzene rings is 2. The molecular formula is C27H30N4O4. The standard InChI is InChI=1S/C27H30N4O4/c1-17-25-21(20-9-7-6-8-10-20)16-24(32)31(27(25)30(3)29-17)18(2)26(33)28-14-13-19-11-12-22(34-4)23(15-19)35-5/h6-12,15-16,18H,13-14H2,1-5H3,(H,28,33). The molecule has 0 radical (unpaired) electrons. The molecule has 2 aromatic carbocycles. The van der Waals surface area contributed by atoms with Gasteiger partial charge in [0, 0.05) is 25.0 Å². The summed E-state index contributed by atoms with van der Waals surface area (Å²) in [5.41, 5.74) is 3.93. The summed E-state index contributed by atoms with van der Waals surface area (Å²) >= 11 is 0. The Bertz CT molecular complexity index is 1420. The zero-order valence-electron chi connectivity index (χ0n) is 20.7. The van der Waals surface area contributed by atoms with Crippen molar-refractivity contribution in [2.75, 3.05) is 20.8 Å². The van der Waals surface area contributed by atoms with E-state index >= 15 is 0 Å². The van der Waals surface area contributed by atoms with E-state index in [0.717, 1.165) is 27.8 Å². The molecule has 8 heteroatoms. The average molecular weight is 475 g/mol. The highest BCUT2D eigenvalue weighted by Gasteiger charge is 2.23. The molecule has 0 bridgehead atoms. The SMILES string of the molecule is COc1ccc(CCNC(=O)C(C)n2c(=O)cc(-c3ccccc3)c3c(C)nn(C)c32)cc1OC. The summed E-state index contributed by atoms with van der Waals surface area (Å²) in [7, 11) is 4.97. The van der Waals surface area contributed by atoms with Crippen molar-refractivity contribution in [3.05, 3.63) is 76.2 Å². The van der Waals surface area contributed by atoms with E-state index in [9.17, 15) is 9.59 Å². The van der Waals surface area contributed by atoms with Crippen LogP contribution in [0.3, 0.4) is 0 Å². The molecule has 4 aromatic rings. The van der Waals surface area contributed by atoms with E-state index in [-0.39, 0.29) is 11.5 Å². The fourth-order valence-electron chi connectivity index (χ4n) is 4.46. The van der Waals surface area contributed by atoms with Crippen LogP contribution < -0.4 is 20.3 Å². The van der Waals surface area contributed by atoms with Crippen LogP contribution >= 0.6 is 0 Å². The van der Waals surface area contributed by atoms with E-state index in [4.69, 9.17) is 9.47 Å². The number of amides is 1. The van der Waals surface area contributed by atoms with Crippen LogP contribution in [-0.4, -0.2) is 41.0 Å². The Morgan fingerprint density at radius 2 is 1.77 bits per heavy atom. The molecule has 35 heavy (non-hydrogen) atoms. The van der Waals surface area contributed by atoms with Crippen LogP contribution in [0.1, 0.15) is 24.2 Å². The van der Waals surface area contributed by atoms with Crippen LogP contribution in [0, 0.1) is 6.92 Å². The number of ether oxygens (including phenoxy) is 2. The Morgan fingerprint density at radius 1 is 1.06 bits per heavy atom. The van der Waals surface area contributed by atoms with E-state index in [1.165, 1.54) is 4.57 Å². The van der Waals surface area contributed by atoms with E-state index in [1.54, 1.807) is 38.9 Å². The largest absolute Gasteiger partial charge is 0.493 e. The lowest BCUT2D eigenvalue weighted by Crippen LogP contribution is -2.37. The van der Waals surface area contributed by atoms with Crippen LogP contribution in [0.15, 0.2) is 59.4 Å². The number of nitrogens with one attached hydrogen (secondary N) is 1. The maximum atomic E-state index is 13.3. The van der Waals surface area contributed by atoms with Gasteiger partial charge >= 0.3 is 0 Å². The number of rotatable bonds is 8. The number of methoxy groups -OCH3 is 2. The lowest BCUT2D eigenvalue weighted by atomic mass is 10.0. The molecule has 0 aliphatic rings. The molecule has 1 unspecified atom stereocenters. The molecule has 0 saturated heterocycles. The van der Waals surface area contributed by atoms with Crippen molar-refractivity contribution in [1.82, 2.24) is 19.7 Å². The van der Waals surface area contributed by atoms with Crippen molar-refractivity contribution in [1.29, 1.82) is 0 Å². The minimum Gasteiger partial charge on any atom is -0.493 e. The topological polar surface area (TPSA) is 87.4 Å². The molecular weight excluding hydrogens is 444 g/mol. The summed E-state index contributed by atoms with van der Waals surface area (Å²) in [6, 6.07) is 16.3. The van der Waals surface area contributed by atoms with Gasteiger partial charge in [0.1, 0.15) is 11.7 Å². The predicted octanol–water partition coefficient (Wildman–Crippen LogP) is 3.65. The summed E-state index contributed by atoms with van der Waals surface area (Å²) in [4.78, 5) is 26.4. The van der Waals surface area contributed by atoms with Crippen LogP contribution in [0.2, 0.25) is 0 Å². The smallest absolute Gasteiger partial charge is 0.253 e. The zero-order chi connectivity index (χ0) is 25.1. The van der Waals surface area contributed by atoms with Gasteiger partial charge in [-0.1, -0.05) is 36.4 Å². The molecule has 0 saturated carbocycles.